The first-order valence-electron chi connectivity index (χ1n) is 8.61. The Hall–Kier alpha value is -2.60. The summed E-state index contributed by atoms with van der Waals surface area (Å²) in [5.74, 6) is 1.56. The van der Waals surface area contributed by atoms with E-state index < -0.39 is 0 Å². The van der Waals surface area contributed by atoms with Crippen molar-refractivity contribution in [1.29, 1.82) is 0 Å². The van der Waals surface area contributed by atoms with Crippen LogP contribution in [0.15, 0.2) is 34.9 Å². The fourth-order valence-electron chi connectivity index (χ4n) is 3.53. The van der Waals surface area contributed by atoms with Crippen LogP contribution in [-0.2, 0) is 6.54 Å². The molecule has 0 atom stereocenters. The van der Waals surface area contributed by atoms with E-state index in [9.17, 15) is 4.79 Å². The Morgan fingerprint density at radius 3 is 2.76 bits per heavy atom. The third-order valence-electron chi connectivity index (χ3n) is 4.89. The minimum absolute atomic E-state index is 0.0738. The summed E-state index contributed by atoms with van der Waals surface area (Å²) in [6.45, 7) is 7.80. The van der Waals surface area contributed by atoms with Gasteiger partial charge < -0.3 is 9.32 Å². The molecule has 3 heterocycles. The smallest absolute Gasteiger partial charge is 0.257 e. The number of aromatic amines is 1. The molecule has 0 aliphatic carbocycles. The van der Waals surface area contributed by atoms with Gasteiger partial charge in [-0.2, -0.15) is 5.10 Å². The van der Waals surface area contributed by atoms with Crippen LogP contribution in [0.25, 0.3) is 10.9 Å². The lowest BCUT2D eigenvalue weighted by atomic mass is 10.1. The van der Waals surface area contributed by atoms with Crippen molar-refractivity contribution in [2.75, 3.05) is 26.2 Å². The summed E-state index contributed by atoms with van der Waals surface area (Å²) in [6, 6.07) is 8.10. The van der Waals surface area contributed by atoms with Gasteiger partial charge >= 0.3 is 0 Å². The van der Waals surface area contributed by atoms with Crippen molar-refractivity contribution in [3.05, 3.63) is 53.1 Å². The number of furan rings is 1. The first kappa shape index (κ1) is 15.9. The van der Waals surface area contributed by atoms with E-state index in [-0.39, 0.29) is 5.91 Å². The summed E-state index contributed by atoms with van der Waals surface area (Å²) in [4.78, 5) is 17.0. The largest absolute Gasteiger partial charge is 0.466 e. The molecular weight excluding hydrogens is 316 g/mol. The van der Waals surface area contributed by atoms with Crippen molar-refractivity contribution in [1.82, 2.24) is 20.0 Å². The van der Waals surface area contributed by atoms with Gasteiger partial charge in [-0.25, -0.2) is 0 Å². The zero-order valence-corrected chi connectivity index (χ0v) is 14.6. The predicted octanol–water partition coefficient (Wildman–Crippen LogP) is 2.73. The Balaban J connectivity index is 1.41. The minimum Gasteiger partial charge on any atom is -0.466 e. The summed E-state index contributed by atoms with van der Waals surface area (Å²) >= 11 is 0. The van der Waals surface area contributed by atoms with E-state index in [1.54, 1.807) is 0 Å². The molecule has 1 aliphatic heterocycles. The van der Waals surface area contributed by atoms with Crippen LogP contribution in [0.1, 0.15) is 27.4 Å². The number of para-hydroxylation sites is 1. The van der Waals surface area contributed by atoms with Gasteiger partial charge in [-0.15, -0.1) is 0 Å². The first-order valence-corrected chi connectivity index (χ1v) is 8.61. The minimum atomic E-state index is 0.0738. The molecule has 1 fully saturated rings. The Morgan fingerprint density at radius 2 is 2.04 bits per heavy atom. The van der Waals surface area contributed by atoms with E-state index in [4.69, 9.17) is 4.42 Å². The summed E-state index contributed by atoms with van der Waals surface area (Å²) in [7, 11) is 0. The van der Waals surface area contributed by atoms with Gasteiger partial charge in [0.1, 0.15) is 11.5 Å². The van der Waals surface area contributed by atoms with Crippen LogP contribution in [0.5, 0.6) is 0 Å². The molecule has 0 spiro atoms. The summed E-state index contributed by atoms with van der Waals surface area (Å²) < 4.78 is 5.49. The van der Waals surface area contributed by atoms with Crippen LogP contribution in [-0.4, -0.2) is 52.1 Å². The molecule has 1 aliphatic rings. The summed E-state index contributed by atoms with van der Waals surface area (Å²) in [5, 5.41) is 8.35. The van der Waals surface area contributed by atoms with E-state index in [1.165, 1.54) is 5.56 Å². The molecule has 6 nitrogen and oxygen atoms in total. The van der Waals surface area contributed by atoms with Crippen molar-refractivity contribution in [2.24, 2.45) is 0 Å². The maximum absolute atomic E-state index is 12.7. The molecule has 4 rings (SSSR count). The number of aromatic nitrogens is 2. The third kappa shape index (κ3) is 3.05. The fraction of sp³-hybridized carbons (Fsp3) is 0.368. The second-order valence-corrected chi connectivity index (χ2v) is 6.65. The first-order chi connectivity index (χ1) is 12.1. The number of nitrogens with one attached hydrogen (secondary N) is 1. The molecule has 130 valence electrons. The Bertz CT molecular complexity index is 903. The normalized spacial score (nSPS) is 15.8. The van der Waals surface area contributed by atoms with Crippen molar-refractivity contribution in [2.45, 2.75) is 20.4 Å². The average molecular weight is 338 g/mol. The standard InChI is InChI=1S/C19H22N4O2/c1-13-10-17(14(2)25-13)19(24)23-8-6-22(7-9-23)12-16-5-3-4-15-11-20-21-18(15)16/h3-5,10-11H,6-9,12H2,1-2H3,(H,20,21). The second-order valence-electron chi connectivity index (χ2n) is 6.65. The van der Waals surface area contributed by atoms with E-state index in [1.807, 2.05) is 31.0 Å². The predicted molar refractivity (Wildman–Crippen MR) is 95.5 cm³/mol. The second kappa shape index (κ2) is 6.37. The van der Waals surface area contributed by atoms with Gasteiger partial charge in [0, 0.05) is 38.1 Å². The monoisotopic (exact) mass is 338 g/mol. The van der Waals surface area contributed by atoms with Crippen LogP contribution in [0.4, 0.5) is 0 Å². The van der Waals surface area contributed by atoms with Crippen molar-refractivity contribution in [3.8, 4) is 0 Å². The number of piperazine rings is 1. The van der Waals surface area contributed by atoms with E-state index in [0.717, 1.165) is 49.4 Å². The van der Waals surface area contributed by atoms with Crippen molar-refractivity contribution in [3.63, 3.8) is 0 Å². The van der Waals surface area contributed by atoms with Gasteiger partial charge in [-0.05, 0) is 25.5 Å². The van der Waals surface area contributed by atoms with Crippen LogP contribution >= 0.6 is 0 Å². The lowest BCUT2D eigenvalue weighted by molar-refractivity contribution is 0.0627. The highest BCUT2D eigenvalue weighted by molar-refractivity contribution is 5.95. The van der Waals surface area contributed by atoms with Gasteiger partial charge in [-0.1, -0.05) is 18.2 Å². The Morgan fingerprint density at radius 1 is 1.24 bits per heavy atom. The lowest BCUT2D eigenvalue weighted by Crippen LogP contribution is -2.48. The Kier molecular flexibility index (Phi) is 4.05. The molecule has 1 N–H and O–H groups in total. The zero-order chi connectivity index (χ0) is 17.4. The fourth-order valence-corrected chi connectivity index (χ4v) is 3.53. The Labute approximate surface area is 146 Å². The lowest BCUT2D eigenvalue weighted by Gasteiger charge is -2.34. The van der Waals surface area contributed by atoms with Crippen molar-refractivity contribution >= 4 is 16.8 Å². The molecule has 0 unspecified atom stereocenters. The van der Waals surface area contributed by atoms with E-state index in [0.29, 0.717) is 11.3 Å². The number of hydrogen-bond donors (Lipinski definition) is 1. The molecule has 1 aromatic carbocycles. The van der Waals surface area contributed by atoms with Crippen LogP contribution in [0, 0.1) is 13.8 Å². The number of fused-ring (bicyclic) bond motifs is 1. The number of carbonyl (C=O) groups excluding carboxylic acids is 1. The van der Waals surface area contributed by atoms with Gasteiger partial charge in [0.25, 0.3) is 5.91 Å². The summed E-state index contributed by atoms with van der Waals surface area (Å²) in [6.07, 6.45) is 1.85. The van der Waals surface area contributed by atoms with Crippen LogP contribution in [0.2, 0.25) is 0 Å². The number of hydrogen-bond acceptors (Lipinski definition) is 4. The number of aryl methyl sites for hydroxylation is 2. The van der Waals surface area contributed by atoms with E-state index in [2.05, 4.69) is 33.3 Å². The number of amides is 1. The van der Waals surface area contributed by atoms with Crippen molar-refractivity contribution < 1.29 is 9.21 Å². The molecule has 3 aromatic rings. The highest BCUT2D eigenvalue weighted by atomic mass is 16.3. The number of benzene rings is 1. The molecule has 0 saturated carbocycles. The molecule has 2 aromatic heterocycles. The highest BCUT2D eigenvalue weighted by Crippen LogP contribution is 2.20. The topological polar surface area (TPSA) is 65.4 Å². The molecule has 0 bridgehead atoms. The van der Waals surface area contributed by atoms with E-state index >= 15 is 0 Å². The van der Waals surface area contributed by atoms with Gasteiger partial charge in [-0.3, -0.25) is 14.8 Å². The summed E-state index contributed by atoms with van der Waals surface area (Å²) in [5.41, 5.74) is 3.04. The average Bonchev–Trinajstić information content (AvgIpc) is 3.21. The maximum Gasteiger partial charge on any atom is 0.257 e. The maximum atomic E-state index is 12.7. The van der Waals surface area contributed by atoms with Gasteiger partial charge in [0.2, 0.25) is 0 Å². The highest BCUT2D eigenvalue weighted by Gasteiger charge is 2.25. The molecule has 1 saturated heterocycles. The van der Waals surface area contributed by atoms with Gasteiger partial charge in [0.15, 0.2) is 0 Å². The van der Waals surface area contributed by atoms with Gasteiger partial charge in [0.05, 0.1) is 17.3 Å². The molecule has 0 radical (unpaired) electrons. The van der Waals surface area contributed by atoms with Crippen LogP contribution in [0.3, 0.4) is 0 Å². The number of H-pyrrole nitrogens is 1. The molecule has 6 heteroatoms. The molecular formula is C19H22N4O2. The zero-order valence-electron chi connectivity index (χ0n) is 14.6. The molecule has 25 heavy (non-hydrogen) atoms. The number of rotatable bonds is 3. The van der Waals surface area contributed by atoms with Crippen LogP contribution < -0.4 is 0 Å². The number of nitrogens with zero attached hydrogens (tertiary/aromatic N) is 3. The third-order valence-corrected chi connectivity index (χ3v) is 4.89. The quantitative estimate of drug-likeness (QED) is 0.797. The molecule has 1 amide bonds. The number of carbonyl (C=O) groups is 1. The SMILES string of the molecule is Cc1cc(C(=O)N2CCN(Cc3cccc4cn[nH]c34)CC2)c(C)o1.